The highest BCUT2D eigenvalue weighted by Gasteiger charge is 2.34. The molecular formula is C21H24BrN3OS. The van der Waals surface area contributed by atoms with Crippen molar-refractivity contribution in [2.75, 3.05) is 17.7 Å². The summed E-state index contributed by atoms with van der Waals surface area (Å²) in [5, 5.41) is 0.920. The quantitative estimate of drug-likeness (QED) is 0.612. The van der Waals surface area contributed by atoms with Gasteiger partial charge in [-0.2, -0.15) is 0 Å². The molecule has 1 aliphatic rings. The van der Waals surface area contributed by atoms with Crippen LogP contribution in [0.1, 0.15) is 32.3 Å². The molecule has 0 saturated carbocycles. The van der Waals surface area contributed by atoms with Gasteiger partial charge in [0.1, 0.15) is 6.17 Å². The van der Waals surface area contributed by atoms with E-state index in [0.717, 1.165) is 26.8 Å². The first-order chi connectivity index (χ1) is 12.9. The number of anilines is 1. The summed E-state index contributed by atoms with van der Waals surface area (Å²) in [7, 11) is 2.00. The molecule has 0 N–H and O–H groups in total. The van der Waals surface area contributed by atoms with Crippen LogP contribution in [0, 0.1) is 0 Å². The van der Waals surface area contributed by atoms with Gasteiger partial charge >= 0.3 is 0 Å². The highest BCUT2D eigenvalue weighted by molar-refractivity contribution is 9.10. The van der Waals surface area contributed by atoms with E-state index in [0.29, 0.717) is 5.92 Å². The molecule has 1 unspecified atom stereocenters. The summed E-state index contributed by atoms with van der Waals surface area (Å²) in [4.78, 5) is 21.2. The second-order valence-electron chi connectivity index (χ2n) is 6.91. The number of thioether (sulfide) groups is 1. The van der Waals surface area contributed by atoms with Crippen LogP contribution in [0.2, 0.25) is 0 Å². The van der Waals surface area contributed by atoms with Crippen LogP contribution in [-0.2, 0) is 4.79 Å². The molecule has 1 heterocycles. The number of carbonyl (C=O) groups is 1. The molecule has 142 valence electrons. The van der Waals surface area contributed by atoms with E-state index < -0.39 is 0 Å². The van der Waals surface area contributed by atoms with Gasteiger partial charge in [0.15, 0.2) is 5.17 Å². The number of benzene rings is 2. The number of aliphatic imine (C=N–C) groups is 1. The zero-order valence-electron chi connectivity index (χ0n) is 16.0. The van der Waals surface area contributed by atoms with E-state index >= 15 is 0 Å². The molecule has 1 amide bonds. The minimum atomic E-state index is -0.0525. The topological polar surface area (TPSA) is 35.9 Å². The molecule has 0 aliphatic carbocycles. The molecule has 3 rings (SSSR count). The number of hydrogen-bond acceptors (Lipinski definition) is 3. The summed E-state index contributed by atoms with van der Waals surface area (Å²) in [5.74, 6) is 1.29. The molecule has 6 heteroatoms. The molecule has 2 aromatic carbocycles. The van der Waals surface area contributed by atoms with Crippen molar-refractivity contribution in [1.29, 1.82) is 0 Å². The van der Waals surface area contributed by atoms with Crippen LogP contribution >= 0.6 is 27.7 Å². The molecule has 1 saturated heterocycles. The maximum Gasteiger partial charge on any atom is 0.225 e. The lowest BCUT2D eigenvalue weighted by Crippen LogP contribution is -2.48. The Hall–Kier alpha value is -1.79. The number of carbonyl (C=O) groups excluding carboxylic acids is 1. The molecular weight excluding hydrogens is 422 g/mol. The van der Waals surface area contributed by atoms with Crippen molar-refractivity contribution >= 4 is 50.1 Å². The molecule has 0 spiro atoms. The van der Waals surface area contributed by atoms with E-state index in [1.54, 1.807) is 18.7 Å². The third-order valence-electron chi connectivity index (χ3n) is 4.62. The monoisotopic (exact) mass is 445 g/mol. The first kappa shape index (κ1) is 20.0. The number of amides is 1. The van der Waals surface area contributed by atoms with Crippen molar-refractivity contribution in [3.63, 3.8) is 0 Å². The second-order valence-corrected chi connectivity index (χ2v) is 8.81. The normalized spacial score (nSPS) is 18.4. The summed E-state index contributed by atoms with van der Waals surface area (Å²) in [5.41, 5.74) is 3.09. The fourth-order valence-electron chi connectivity index (χ4n) is 3.09. The van der Waals surface area contributed by atoms with Crippen LogP contribution in [-0.4, -0.2) is 34.9 Å². The Morgan fingerprint density at radius 2 is 1.96 bits per heavy atom. The molecule has 0 radical (unpaired) electrons. The van der Waals surface area contributed by atoms with Crippen LogP contribution in [0.3, 0.4) is 0 Å². The van der Waals surface area contributed by atoms with E-state index in [2.05, 4.69) is 46.8 Å². The maximum absolute atomic E-state index is 12.4. The molecule has 27 heavy (non-hydrogen) atoms. The highest BCUT2D eigenvalue weighted by Crippen LogP contribution is 2.31. The van der Waals surface area contributed by atoms with Crippen molar-refractivity contribution in [2.45, 2.75) is 32.9 Å². The van der Waals surface area contributed by atoms with Gasteiger partial charge in [0.2, 0.25) is 5.91 Å². The lowest BCUT2D eigenvalue weighted by Gasteiger charge is -2.33. The number of rotatable bonds is 4. The summed E-state index contributed by atoms with van der Waals surface area (Å²) >= 11 is 5.16. The van der Waals surface area contributed by atoms with E-state index in [1.165, 1.54) is 5.56 Å². The molecule has 2 aromatic rings. The van der Waals surface area contributed by atoms with Gasteiger partial charge in [0.05, 0.1) is 5.69 Å². The smallest absolute Gasteiger partial charge is 0.225 e. The SMILES string of the molecule is CC(=O)N(c1ccc(C(C)C)cc1)C1CSC(=Nc2cccc(Br)c2)N1C. The van der Waals surface area contributed by atoms with Crippen LogP contribution in [0.25, 0.3) is 0 Å². The maximum atomic E-state index is 12.4. The zero-order chi connectivity index (χ0) is 19.6. The molecule has 4 nitrogen and oxygen atoms in total. The van der Waals surface area contributed by atoms with Crippen molar-refractivity contribution in [3.05, 3.63) is 58.6 Å². The first-order valence-corrected chi connectivity index (χ1v) is 10.7. The zero-order valence-corrected chi connectivity index (χ0v) is 18.4. The van der Waals surface area contributed by atoms with E-state index in [-0.39, 0.29) is 12.1 Å². The molecule has 1 fully saturated rings. The van der Waals surface area contributed by atoms with Crippen LogP contribution in [0.4, 0.5) is 11.4 Å². The average Bonchev–Trinajstić information content (AvgIpc) is 2.96. The molecule has 1 atom stereocenters. The third-order valence-corrected chi connectivity index (χ3v) is 6.21. The Morgan fingerprint density at radius 1 is 1.26 bits per heavy atom. The summed E-state index contributed by atoms with van der Waals surface area (Å²) in [6.45, 7) is 5.96. The third kappa shape index (κ3) is 4.55. The molecule has 0 bridgehead atoms. The summed E-state index contributed by atoms with van der Waals surface area (Å²) < 4.78 is 1.00. The largest absolute Gasteiger partial charge is 0.333 e. The molecule has 1 aliphatic heterocycles. The van der Waals surface area contributed by atoms with Crippen LogP contribution in [0.15, 0.2) is 58.0 Å². The van der Waals surface area contributed by atoms with Crippen LogP contribution < -0.4 is 4.90 Å². The second kappa shape index (κ2) is 8.48. The first-order valence-electron chi connectivity index (χ1n) is 8.96. The van der Waals surface area contributed by atoms with Gasteiger partial charge in [-0.1, -0.05) is 59.7 Å². The van der Waals surface area contributed by atoms with Gasteiger partial charge in [-0.05, 0) is 41.8 Å². The minimum Gasteiger partial charge on any atom is -0.333 e. The van der Waals surface area contributed by atoms with Gasteiger partial charge < -0.3 is 4.90 Å². The fourth-order valence-corrected chi connectivity index (χ4v) is 4.64. The number of amidine groups is 1. The van der Waals surface area contributed by atoms with E-state index in [1.807, 2.05) is 48.3 Å². The van der Waals surface area contributed by atoms with Crippen molar-refractivity contribution in [3.8, 4) is 0 Å². The Balaban J connectivity index is 1.85. The Kier molecular flexibility index (Phi) is 6.27. The van der Waals surface area contributed by atoms with Crippen molar-refractivity contribution < 1.29 is 4.79 Å². The van der Waals surface area contributed by atoms with Crippen molar-refractivity contribution in [1.82, 2.24) is 4.90 Å². The summed E-state index contributed by atoms with van der Waals surface area (Å²) in [6.07, 6.45) is -0.0525. The Labute approximate surface area is 173 Å². The van der Waals surface area contributed by atoms with Crippen LogP contribution in [0.5, 0.6) is 0 Å². The van der Waals surface area contributed by atoms with Gasteiger partial charge in [0, 0.05) is 29.9 Å². The Bertz CT molecular complexity index is 851. The van der Waals surface area contributed by atoms with E-state index in [4.69, 9.17) is 4.99 Å². The van der Waals surface area contributed by atoms with Gasteiger partial charge in [-0.25, -0.2) is 4.99 Å². The Morgan fingerprint density at radius 3 is 2.56 bits per heavy atom. The van der Waals surface area contributed by atoms with Gasteiger partial charge in [-0.3, -0.25) is 9.69 Å². The number of nitrogens with zero attached hydrogens (tertiary/aromatic N) is 3. The predicted molar refractivity (Wildman–Crippen MR) is 119 cm³/mol. The standard InChI is InChI=1S/C21H24BrN3OS/c1-14(2)16-8-10-19(11-9-16)25(15(3)26)20-13-27-21(24(20)4)23-18-7-5-6-17(22)12-18/h5-12,14,20H,13H2,1-4H3. The summed E-state index contributed by atoms with van der Waals surface area (Å²) in [6, 6.07) is 16.2. The lowest BCUT2D eigenvalue weighted by atomic mass is 10.0. The average molecular weight is 446 g/mol. The van der Waals surface area contributed by atoms with Gasteiger partial charge in [-0.15, -0.1) is 0 Å². The fraction of sp³-hybridized carbons (Fsp3) is 0.333. The molecule has 0 aromatic heterocycles. The lowest BCUT2D eigenvalue weighted by molar-refractivity contribution is -0.117. The number of halogens is 1. The highest BCUT2D eigenvalue weighted by atomic mass is 79.9. The predicted octanol–water partition coefficient (Wildman–Crippen LogP) is 5.62. The minimum absolute atomic E-state index is 0.0356. The van der Waals surface area contributed by atoms with Gasteiger partial charge in [0.25, 0.3) is 0 Å². The van der Waals surface area contributed by atoms with E-state index in [9.17, 15) is 4.79 Å². The number of hydrogen-bond donors (Lipinski definition) is 0. The van der Waals surface area contributed by atoms with Crippen molar-refractivity contribution in [2.24, 2.45) is 4.99 Å².